The van der Waals surface area contributed by atoms with E-state index < -0.39 is 0 Å². The monoisotopic (exact) mass is 918 g/mol. The molecule has 72 heavy (non-hydrogen) atoms. The van der Waals surface area contributed by atoms with E-state index in [9.17, 15) is 0 Å². The normalized spacial score (nSPS) is 11.1. The summed E-state index contributed by atoms with van der Waals surface area (Å²) >= 11 is 0. The molecule has 0 saturated carbocycles. The largest absolute Gasteiger partial charge is 0.310 e. The Morgan fingerprint density at radius 2 is 0.514 bits per heavy atom. The first-order valence-corrected chi connectivity index (χ1v) is 24.7. The Labute approximate surface area is 422 Å². The summed E-state index contributed by atoms with van der Waals surface area (Å²) in [5.41, 5.74) is 20.3. The molecular formula is C70H50N2. The van der Waals surface area contributed by atoms with Gasteiger partial charge in [-0.15, -0.1) is 0 Å². The van der Waals surface area contributed by atoms with E-state index in [1.54, 1.807) is 0 Å². The van der Waals surface area contributed by atoms with Crippen LogP contribution in [0.1, 0.15) is 0 Å². The average Bonchev–Trinajstić information content (AvgIpc) is 3.47. The summed E-state index contributed by atoms with van der Waals surface area (Å²) in [4.78, 5) is 4.86. The Kier molecular flexibility index (Phi) is 12.1. The fourth-order valence-electron chi connectivity index (χ4n) is 10.0. The number of hydrogen-bond acceptors (Lipinski definition) is 2. The van der Waals surface area contributed by atoms with Gasteiger partial charge in [0.2, 0.25) is 0 Å². The molecule has 0 aliphatic carbocycles. The first-order chi connectivity index (χ1) is 35.7. The Morgan fingerprint density at radius 3 is 1.00 bits per heavy atom. The predicted molar refractivity (Wildman–Crippen MR) is 306 cm³/mol. The second-order valence-electron chi connectivity index (χ2n) is 18.1. The van der Waals surface area contributed by atoms with Crippen LogP contribution in [0.15, 0.2) is 303 Å². The predicted octanol–water partition coefficient (Wildman–Crippen LogP) is 19.8. The smallest absolute Gasteiger partial charge is 0.0540 e. The zero-order chi connectivity index (χ0) is 48.1. The fraction of sp³-hybridized carbons (Fsp3) is 0. The third kappa shape index (κ3) is 8.97. The average molecular weight is 919 g/mol. The van der Waals surface area contributed by atoms with Gasteiger partial charge in [-0.2, -0.15) is 0 Å². The van der Waals surface area contributed by atoms with Crippen LogP contribution in [0.25, 0.3) is 77.5 Å². The standard InChI is InChI=1S/C70H50N2/c1-5-18-51(19-6-1)55-32-34-60(35-33-55)69-29-15-16-31-70(69)72(64-46-40-58(41-47-64)54-24-11-4-12-25-54)66-49-61(68-30-17-27-59-26-13-14-28-67(59)68)48-65(50-66)71(62-42-36-56(37-43-62)52-20-7-2-8-21-52)63-44-38-57(39-45-63)53-22-9-3-10-23-53/h1-50H. The second kappa shape index (κ2) is 19.8. The molecule has 0 bridgehead atoms. The van der Waals surface area contributed by atoms with E-state index in [0.29, 0.717) is 0 Å². The summed E-state index contributed by atoms with van der Waals surface area (Å²) in [6.07, 6.45) is 0. The highest BCUT2D eigenvalue weighted by Crippen LogP contribution is 2.47. The van der Waals surface area contributed by atoms with Crippen LogP contribution in [0.2, 0.25) is 0 Å². The number of benzene rings is 12. The molecule has 0 aliphatic heterocycles. The van der Waals surface area contributed by atoms with Crippen molar-refractivity contribution in [1.82, 2.24) is 0 Å². The van der Waals surface area contributed by atoms with Gasteiger partial charge in [0.15, 0.2) is 0 Å². The van der Waals surface area contributed by atoms with Crippen LogP contribution in [-0.2, 0) is 0 Å². The van der Waals surface area contributed by atoms with Crippen LogP contribution in [0, 0.1) is 0 Å². The molecule has 0 fully saturated rings. The van der Waals surface area contributed by atoms with Crippen LogP contribution in [0.4, 0.5) is 34.1 Å². The molecule has 0 heterocycles. The van der Waals surface area contributed by atoms with Crippen LogP contribution >= 0.6 is 0 Å². The van der Waals surface area contributed by atoms with Crippen molar-refractivity contribution in [2.45, 2.75) is 0 Å². The van der Waals surface area contributed by atoms with Crippen LogP contribution < -0.4 is 9.80 Å². The van der Waals surface area contributed by atoms with Crippen LogP contribution in [0.5, 0.6) is 0 Å². The Bertz CT molecular complexity index is 3650. The quantitative estimate of drug-likeness (QED) is 0.120. The second-order valence-corrected chi connectivity index (χ2v) is 18.1. The molecule has 0 aromatic heterocycles. The van der Waals surface area contributed by atoms with Crippen molar-refractivity contribution in [3.05, 3.63) is 303 Å². The lowest BCUT2D eigenvalue weighted by Gasteiger charge is -2.31. The van der Waals surface area contributed by atoms with Gasteiger partial charge in [0.1, 0.15) is 0 Å². The summed E-state index contributed by atoms with van der Waals surface area (Å²) in [6, 6.07) is 110. The van der Waals surface area contributed by atoms with Gasteiger partial charge in [-0.05, 0) is 133 Å². The molecule has 12 aromatic carbocycles. The van der Waals surface area contributed by atoms with Crippen molar-refractivity contribution >= 4 is 44.9 Å². The number of anilines is 6. The summed E-state index contributed by atoms with van der Waals surface area (Å²) < 4.78 is 0. The van der Waals surface area contributed by atoms with E-state index in [0.717, 1.165) is 50.8 Å². The third-order valence-corrected chi connectivity index (χ3v) is 13.7. The number of rotatable bonds is 12. The maximum absolute atomic E-state index is 2.45. The lowest BCUT2D eigenvalue weighted by molar-refractivity contribution is 1.25. The molecule has 2 nitrogen and oxygen atoms in total. The minimum absolute atomic E-state index is 1.03. The first-order valence-electron chi connectivity index (χ1n) is 24.7. The van der Waals surface area contributed by atoms with E-state index in [-0.39, 0.29) is 0 Å². The van der Waals surface area contributed by atoms with Crippen molar-refractivity contribution in [3.8, 4) is 66.8 Å². The molecule has 12 aromatic rings. The van der Waals surface area contributed by atoms with Crippen LogP contribution in [0.3, 0.4) is 0 Å². The molecule has 340 valence electrons. The van der Waals surface area contributed by atoms with E-state index in [4.69, 9.17) is 0 Å². The summed E-state index contributed by atoms with van der Waals surface area (Å²) in [7, 11) is 0. The van der Waals surface area contributed by atoms with Crippen LogP contribution in [-0.4, -0.2) is 0 Å². The highest BCUT2D eigenvalue weighted by Gasteiger charge is 2.23. The summed E-state index contributed by atoms with van der Waals surface area (Å²) in [5, 5.41) is 2.40. The first kappa shape index (κ1) is 43.8. The van der Waals surface area contributed by atoms with Gasteiger partial charge in [0.05, 0.1) is 5.69 Å². The van der Waals surface area contributed by atoms with Gasteiger partial charge in [0.25, 0.3) is 0 Å². The topological polar surface area (TPSA) is 6.48 Å². The summed E-state index contributed by atoms with van der Waals surface area (Å²) in [5.74, 6) is 0. The maximum Gasteiger partial charge on any atom is 0.0540 e. The van der Waals surface area contributed by atoms with Crippen molar-refractivity contribution in [2.24, 2.45) is 0 Å². The zero-order valence-corrected chi connectivity index (χ0v) is 39.8. The van der Waals surface area contributed by atoms with E-state index in [1.165, 1.54) is 60.8 Å². The number of fused-ring (bicyclic) bond motifs is 1. The van der Waals surface area contributed by atoms with Crippen molar-refractivity contribution in [3.63, 3.8) is 0 Å². The minimum Gasteiger partial charge on any atom is -0.310 e. The SMILES string of the molecule is c1ccc(-c2ccc(-c3ccccc3N(c3ccc(-c4ccccc4)cc3)c3cc(-c4cccc5ccccc45)cc(N(c4ccc(-c5ccccc5)cc4)c4ccc(-c5ccccc5)cc4)c3)cc2)cc1. The van der Waals surface area contributed by atoms with Gasteiger partial charge in [-0.1, -0.05) is 243 Å². The Hall–Kier alpha value is -9.50. The Morgan fingerprint density at radius 1 is 0.181 bits per heavy atom. The molecule has 0 spiro atoms. The molecular weight excluding hydrogens is 869 g/mol. The van der Waals surface area contributed by atoms with Gasteiger partial charge in [0, 0.05) is 34.0 Å². The van der Waals surface area contributed by atoms with Gasteiger partial charge < -0.3 is 9.80 Å². The zero-order valence-electron chi connectivity index (χ0n) is 39.8. The van der Waals surface area contributed by atoms with Gasteiger partial charge in [-0.3, -0.25) is 0 Å². The Balaban J connectivity index is 1.09. The van der Waals surface area contributed by atoms with E-state index >= 15 is 0 Å². The molecule has 0 aliphatic rings. The molecule has 0 saturated heterocycles. The molecule has 0 amide bonds. The fourth-order valence-corrected chi connectivity index (χ4v) is 10.0. The van der Waals surface area contributed by atoms with E-state index in [1.807, 2.05) is 0 Å². The van der Waals surface area contributed by atoms with Crippen molar-refractivity contribution < 1.29 is 0 Å². The van der Waals surface area contributed by atoms with Gasteiger partial charge >= 0.3 is 0 Å². The maximum atomic E-state index is 2.45. The molecule has 0 N–H and O–H groups in total. The highest BCUT2D eigenvalue weighted by atomic mass is 15.2. The lowest BCUT2D eigenvalue weighted by Crippen LogP contribution is -2.14. The van der Waals surface area contributed by atoms with Gasteiger partial charge in [-0.25, -0.2) is 0 Å². The number of hydrogen-bond donors (Lipinski definition) is 0. The van der Waals surface area contributed by atoms with E-state index in [2.05, 4.69) is 313 Å². The molecule has 0 unspecified atom stereocenters. The molecule has 12 rings (SSSR count). The molecule has 0 atom stereocenters. The third-order valence-electron chi connectivity index (χ3n) is 13.7. The molecule has 2 heteroatoms. The highest BCUT2D eigenvalue weighted by molar-refractivity contribution is 6.00. The number of para-hydroxylation sites is 1. The van der Waals surface area contributed by atoms with Crippen molar-refractivity contribution in [1.29, 1.82) is 0 Å². The number of nitrogens with zero attached hydrogens (tertiary/aromatic N) is 2. The van der Waals surface area contributed by atoms with Crippen molar-refractivity contribution in [2.75, 3.05) is 9.80 Å². The summed E-state index contributed by atoms with van der Waals surface area (Å²) in [6.45, 7) is 0. The lowest BCUT2D eigenvalue weighted by atomic mass is 9.95. The minimum atomic E-state index is 1.03. The molecule has 0 radical (unpaired) electrons.